The predicted molar refractivity (Wildman–Crippen MR) is 62.4 cm³/mol. The first-order valence-corrected chi connectivity index (χ1v) is 4.98. The Morgan fingerprint density at radius 3 is 2.75 bits per heavy atom. The number of nitrogens with zero attached hydrogens (tertiary/aromatic N) is 2. The fourth-order valence-electron chi connectivity index (χ4n) is 1.36. The van der Waals surface area contributed by atoms with Gasteiger partial charge in [0.2, 0.25) is 5.88 Å². The zero-order chi connectivity index (χ0) is 11.5. The van der Waals surface area contributed by atoms with Gasteiger partial charge in [-0.05, 0) is 31.0 Å². The summed E-state index contributed by atoms with van der Waals surface area (Å²) in [5.74, 6) is 1.65. The van der Waals surface area contributed by atoms with E-state index in [-0.39, 0.29) is 0 Å². The molecule has 0 amide bonds. The van der Waals surface area contributed by atoms with Gasteiger partial charge in [0, 0.05) is 6.07 Å². The molecule has 2 N–H and O–H groups in total. The third kappa shape index (κ3) is 2.11. The number of aryl methyl sites for hydroxylation is 1. The summed E-state index contributed by atoms with van der Waals surface area (Å²) in [5, 5.41) is 0. The Morgan fingerprint density at radius 1 is 1.19 bits per heavy atom. The van der Waals surface area contributed by atoms with Crippen molar-refractivity contribution in [2.45, 2.75) is 13.8 Å². The molecule has 82 valence electrons. The second-order valence-corrected chi connectivity index (χ2v) is 3.58. The van der Waals surface area contributed by atoms with Crippen molar-refractivity contribution in [2.75, 3.05) is 5.73 Å². The van der Waals surface area contributed by atoms with Crippen LogP contribution in [0.4, 0.5) is 5.82 Å². The van der Waals surface area contributed by atoms with Crippen molar-refractivity contribution in [1.29, 1.82) is 0 Å². The van der Waals surface area contributed by atoms with Crippen LogP contribution in [0.1, 0.15) is 11.1 Å². The Morgan fingerprint density at radius 2 is 2.00 bits per heavy atom. The highest BCUT2D eigenvalue weighted by Crippen LogP contribution is 2.25. The topological polar surface area (TPSA) is 61.0 Å². The molecular weight excluding hydrogens is 202 g/mol. The summed E-state index contributed by atoms with van der Waals surface area (Å²) in [5.41, 5.74) is 7.83. The number of ether oxygens (including phenoxy) is 1. The van der Waals surface area contributed by atoms with Crippen LogP contribution >= 0.6 is 0 Å². The van der Waals surface area contributed by atoms with Crippen molar-refractivity contribution in [3.05, 3.63) is 41.7 Å². The minimum atomic E-state index is 0.398. The molecule has 0 spiro atoms. The van der Waals surface area contributed by atoms with Gasteiger partial charge < -0.3 is 10.5 Å². The highest BCUT2D eigenvalue weighted by atomic mass is 16.5. The summed E-state index contributed by atoms with van der Waals surface area (Å²) in [6, 6.07) is 7.49. The van der Waals surface area contributed by atoms with E-state index in [0.717, 1.165) is 11.3 Å². The van der Waals surface area contributed by atoms with Crippen molar-refractivity contribution in [1.82, 2.24) is 9.97 Å². The number of anilines is 1. The Balaban J connectivity index is 2.31. The molecular formula is C12H13N3O. The molecule has 0 saturated carbocycles. The first kappa shape index (κ1) is 10.4. The van der Waals surface area contributed by atoms with Crippen LogP contribution in [0.2, 0.25) is 0 Å². The number of nitrogens with two attached hydrogens (primary N) is 1. The van der Waals surface area contributed by atoms with Crippen molar-refractivity contribution in [3.8, 4) is 11.6 Å². The number of benzene rings is 1. The summed E-state index contributed by atoms with van der Waals surface area (Å²) in [6.07, 6.45) is 1.38. The standard InChI is InChI=1S/C12H13N3O/c1-8-4-3-5-10(9(8)2)16-12-6-11(13)14-7-15-12/h3-7H,1-2H3,(H2,13,14,15). The van der Waals surface area contributed by atoms with Crippen molar-refractivity contribution >= 4 is 5.82 Å². The van der Waals surface area contributed by atoms with Crippen LogP contribution in [0.15, 0.2) is 30.6 Å². The zero-order valence-electron chi connectivity index (χ0n) is 9.27. The van der Waals surface area contributed by atoms with E-state index in [1.54, 1.807) is 6.07 Å². The molecule has 0 fully saturated rings. The lowest BCUT2D eigenvalue weighted by molar-refractivity contribution is 0.458. The van der Waals surface area contributed by atoms with E-state index in [0.29, 0.717) is 11.7 Å². The van der Waals surface area contributed by atoms with Crippen LogP contribution in [-0.2, 0) is 0 Å². The molecule has 0 aliphatic carbocycles. The van der Waals surface area contributed by atoms with Crippen LogP contribution < -0.4 is 10.5 Å². The molecule has 0 unspecified atom stereocenters. The summed E-state index contributed by atoms with van der Waals surface area (Å²) in [6.45, 7) is 4.05. The van der Waals surface area contributed by atoms with Crippen LogP contribution in [-0.4, -0.2) is 9.97 Å². The quantitative estimate of drug-likeness (QED) is 0.835. The largest absolute Gasteiger partial charge is 0.439 e. The third-order valence-electron chi connectivity index (χ3n) is 2.43. The van der Waals surface area contributed by atoms with Gasteiger partial charge in [-0.3, -0.25) is 0 Å². The fraction of sp³-hybridized carbons (Fsp3) is 0.167. The highest BCUT2D eigenvalue weighted by Gasteiger charge is 2.04. The number of hydrogen-bond acceptors (Lipinski definition) is 4. The monoisotopic (exact) mass is 215 g/mol. The molecule has 4 heteroatoms. The van der Waals surface area contributed by atoms with Gasteiger partial charge >= 0.3 is 0 Å². The van der Waals surface area contributed by atoms with Gasteiger partial charge in [0.15, 0.2) is 0 Å². The summed E-state index contributed by atoms with van der Waals surface area (Å²) in [4.78, 5) is 7.80. The Bertz CT molecular complexity index is 511. The van der Waals surface area contributed by atoms with E-state index >= 15 is 0 Å². The van der Waals surface area contributed by atoms with Crippen LogP contribution in [0, 0.1) is 13.8 Å². The smallest absolute Gasteiger partial charge is 0.224 e. The SMILES string of the molecule is Cc1cccc(Oc2cc(N)ncn2)c1C. The minimum Gasteiger partial charge on any atom is -0.439 e. The molecule has 2 aromatic rings. The highest BCUT2D eigenvalue weighted by molar-refractivity contribution is 5.41. The fourth-order valence-corrected chi connectivity index (χ4v) is 1.36. The molecule has 0 aliphatic rings. The molecule has 1 aromatic heterocycles. The maximum absolute atomic E-state index is 5.64. The average Bonchev–Trinajstić information content (AvgIpc) is 2.25. The Kier molecular flexibility index (Phi) is 2.72. The number of hydrogen-bond donors (Lipinski definition) is 1. The second kappa shape index (κ2) is 4.18. The first-order chi connectivity index (χ1) is 7.66. The lowest BCUT2D eigenvalue weighted by Gasteiger charge is -2.09. The van der Waals surface area contributed by atoms with E-state index in [1.807, 2.05) is 32.0 Å². The number of rotatable bonds is 2. The number of aromatic nitrogens is 2. The van der Waals surface area contributed by atoms with E-state index in [2.05, 4.69) is 9.97 Å². The van der Waals surface area contributed by atoms with Gasteiger partial charge in [-0.25, -0.2) is 9.97 Å². The molecule has 0 aliphatic heterocycles. The molecule has 2 rings (SSSR count). The predicted octanol–water partition coefficient (Wildman–Crippen LogP) is 2.47. The molecule has 16 heavy (non-hydrogen) atoms. The lowest BCUT2D eigenvalue weighted by atomic mass is 10.1. The van der Waals surface area contributed by atoms with Crippen molar-refractivity contribution in [3.63, 3.8) is 0 Å². The van der Waals surface area contributed by atoms with Crippen LogP contribution in [0.25, 0.3) is 0 Å². The maximum atomic E-state index is 5.64. The Hall–Kier alpha value is -2.10. The van der Waals surface area contributed by atoms with E-state index < -0.39 is 0 Å². The van der Waals surface area contributed by atoms with E-state index in [1.165, 1.54) is 11.9 Å². The summed E-state index contributed by atoms with van der Waals surface area (Å²) in [7, 11) is 0. The van der Waals surface area contributed by atoms with Crippen molar-refractivity contribution in [2.24, 2.45) is 0 Å². The molecule has 4 nitrogen and oxygen atoms in total. The maximum Gasteiger partial charge on any atom is 0.224 e. The van der Waals surface area contributed by atoms with Gasteiger partial charge in [0.25, 0.3) is 0 Å². The van der Waals surface area contributed by atoms with Gasteiger partial charge in [0.05, 0.1) is 0 Å². The van der Waals surface area contributed by atoms with Crippen molar-refractivity contribution < 1.29 is 4.74 Å². The first-order valence-electron chi connectivity index (χ1n) is 4.98. The van der Waals surface area contributed by atoms with Crippen LogP contribution in [0.5, 0.6) is 11.6 Å². The van der Waals surface area contributed by atoms with Gasteiger partial charge in [-0.2, -0.15) is 0 Å². The van der Waals surface area contributed by atoms with Gasteiger partial charge in [0.1, 0.15) is 17.9 Å². The molecule has 1 aromatic carbocycles. The molecule has 0 saturated heterocycles. The zero-order valence-corrected chi connectivity index (χ0v) is 9.27. The number of nitrogen functional groups attached to an aromatic ring is 1. The molecule has 0 bridgehead atoms. The molecule has 0 atom stereocenters. The van der Waals surface area contributed by atoms with E-state index in [4.69, 9.17) is 10.5 Å². The minimum absolute atomic E-state index is 0.398. The summed E-state index contributed by atoms with van der Waals surface area (Å²) < 4.78 is 5.64. The molecule has 0 radical (unpaired) electrons. The van der Waals surface area contributed by atoms with Crippen LogP contribution in [0.3, 0.4) is 0 Å². The molecule has 1 heterocycles. The van der Waals surface area contributed by atoms with E-state index in [9.17, 15) is 0 Å². The Labute approximate surface area is 94.1 Å². The normalized spacial score (nSPS) is 10.1. The lowest BCUT2D eigenvalue weighted by Crippen LogP contribution is -1.95. The average molecular weight is 215 g/mol. The second-order valence-electron chi connectivity index (χ2n) is 3.58. The van der Waals surface area contributed by atoms with Gasteiger partial charge in [-0.15, -0.1) is 0 Å². The summed E-state index contributed by atoms with van der Waals surface area (Å²) >= 11 is 0. The van der Waals surface area contributed by atoms with Gasteiger partial charge in [-0.1, -0.05) is 12.1 Å². The third-order valence-corrected chi connectivity index (χ3v) is 2.43.